The third-order valence-corrected chi connectivity index (χ3v) is 2.45. The monoisotopic (exact) mass is 204 g/mol. The summed E-state index contributed by atoms with van der Waals surface area (Å²) < 4.78 is 5.31. The molecule has 2 heterocycles. The first-order valence-corrected chi connectivity index (χ1v) is 5.48. The molecule has 0 saturated carbocycles. The van der Waals surface area contributed by atoms with Gasteiger partial charge in [0.2, 0.25) is 0 Å². The number of unbranched alkanes of at least 4 members (excludes halogenated alkanes) is 2. The van der Waals surface area contributed by atoms with Crippen molar-refractivity contribution in [1.82, 2.24) is 4.98 Å². The molecule has 2 aromatic heterocycles. The number of furan rings is 1. The molecule has 0 fully saturated rings. The number of aromatic nitrogens is 1. The van der Waals surface area contributed by atoms with Crippen molar-refractivity contribution in [2.24, 2.45) is 0 Å². The smallest absolute Gasteiger partial charge is 0.139 e. The molecule has 0 amide bonds. The van der Waals surface area contributed by atoms with Crippen LogP contribution in [0.3, 0.4) is 0 Å². The van der Waals surface area contributed by atoms with Crippen molar-refractivity contribution in [3.63, 3.8) is 0 Å². The fraction of sp³-hybridized carbons (Fsp3) is 0.417. The topological polar surface area (TPSA) is 38.1 Å². The number of anilines is 1. The van der Waals surface area contributed by atoms with Gasteiger partial charge in [0.15, 0.2) is 0 Å². The molecule has 3 nitrogen and oxygen atoms in total. The van der Waals surface area contributed by atoms with E-state index >= 15 is 0 Å². The third kappa shape index (κ3) is 2.29. The molecule has 80 valence electrons. The molecule has 0 aliphatic carbocycles. The van der Waals surface area contributed by atoms with Crippen molar-refractivity contribution in [3.05, 3.63) is 24.6 Å². The van der Waals surface area contributed by atoms with E-state index < -0.39 is 0 Å². The van der Waals surface area contributed by atoms with Crippen LogP contribution in [0.25, 0.3) is 11.0 Å². The average Bonchev–Trinajstić information content (AvgIpc) is 2.73. The normalized spacial score (nSPS) is 10.7. The number of hydrogen-bond acceptors (Lipinski definition) is 3. The quantitative estimate of drug-likeness (QED) is 0.758. The molecule has 1 N–H and O–H groups in total. The van der Waals surface area contributed by atoms with Gasteiger partial charge in [0.1, 0.15) is 11.4 Å². The Morgan fingerprint density at radius 3 is 3.13 bits per heavy atom. The maximum Gasteiger partial charge on any atom is 0.139 e. The van der Waals surface area contributed by atoms with E-state index in [4.69, 9.17) is 4.42 Å². The molecule has 0 aliphatic heterocycles. The molecule has 2 rings (SSSR count). The number of rotatable bonds is 5. The lowest BCUT2D eigenvalue weighted by atomic mass is 10.2. The molecule has 0 atom stereocenters. The highest BCUT2D eigenvalue weighted by atomic mass is 16.3. The van der Waals surface area contributed by atoms with E-state index in [1.54, 1.807) is 12.5 Å². The maximum atomic E-state index is 5.31. The van der Waals surface area contributed by atoms with Gasteiger partial charge in [-0.2, -0.15) is 0 Å². The van der Waals surface area contributed by atoms with Crippen LogP contribution in [0.15, 0.2) is 29.0 Å². The van der Waals surface area contributed by atoms with Gasteiger partial charge in [-0.05, 0) is 18.6 Å². The van der Waals surface area contributed by atoms with E-state index in [-0.39, 0.29) is 0 Å². The molecule has 3 heteroatoms. The van der Waals surface area contributed by atoms with Crippen LogP contribution in [0.5, 0.6) is 0 Å². The summed E-state index contributed by atoms with van der Waals surface area (Å²) in [5.41, 5.74) is 0.892. The zero-order valence-electron chi connectivity index (χ0n) is 8.99. The lowest BCUT2D eigenvalue weighted by molar-refractivity contribution is 0.615. The predicted octanol–water partition coefficient (Wildman–Crippen LogP) is 3.43. The van der Waals surface area contributed by atoms with Crippen molar-refractivity contribution in [2.75, 3.05) is 11.9 Å². The fourth-order valence-electron chi connectivity index (χ4n) is 1.62. The Hall–Kier alpha value is -1.51. The first-order chi connectivity index (χ1) is 7.42. The van der Waals surface area contributed by atoms with Gasteiger partial charge in [0.05, 0.1) is 11.6 Å². The summed E-state index contributed by atoms with van der Waals surface area (Å²) in [6, 6.07) is 3.83. The fourth-order valence-corrected chi connectivity index (χ4v) is 1.62. The molecule has 0 radical (unpaired) electrons. The minimum Gasteiger partial charge on any atom is -0.464 e. The van der Waals surface area contributed by atoms with Crippen molar-refractivity contribution in [1.29, 1.82) is 0 Å². The molecule has 0 spiro atoms. The minimum atomic E-state index is 0.892. The average molecular weight is 204 g/mol. The minimum absolute atomic E-state index is 0.892. The molecule has 0 aromatic carbocycles. The van der Waals surface area contributed by atoms with E-state index in [2.05, 4.69) is 17.2 Å². The highest BCUT2D eigenvalue weighted by molar-refractivity contribution is 5.87. The molecule has 0 aliphatic rings. The van der Waals surface area contributed by atoms with E-state index in [0.29, 0.717) is 0 Å². The second-order valence-corrected chi connectivity index (χ2v) is 3.63. The van der Waals surface area contributed by atoms with Gasteiger partial charge in [-0.15, -0.1) is 0 Å². The van der Waals surface area contributed by atoms with Crippen molar-refractivity contribution >= 4 is 16.8 Å². The van der Waals surface area contributed by atoms with Crippen LogP contribution in [0.2, 0.25) is 0 Å². The molecule has 0 bridgehead atoms. The summed E-state index contributed by atoms with van der Waals surface area (Å²) in [5, 5.41) is 4.40. The van der Waals surface area contributed by atoms with E-state index in [1.165, 1.54) is 19.3 Å². The van der Waals surface area contributed by atoms with Gasteiger partial charge in [-0.1, -0.05) is 19.8 Å². The lowest BCUT2D eigenvalue weighted by Crippen LogP contribution is -2.02. The Morgan fingerprint density at radius 2 is 2.27 bits per heavy atom. The third-order valence-electron chi connectivity index (χ3n) is 2.45. The van der Waals surface area contributed by atoms with E-state index in [9.17, 15) is 0 Å². The summed E-state index contributed by atoms with van der Waals surface area (Å²) in [5.74, 6) is 0.928. The molecular formula is C12H16N2O. The highest BCUT2D eigenvalue weighted by Crippen LogP contribution is 2.21. The van der Waals surface area contributed by atoms with Gasteiger partial charge in [0.25, 0.3) is 0 Å². The number of fused-ring (bicyclic) bond motifs is 1. The first-order valence-electron chi connectivity index (χ1n) is 5.48. The molecule has 0 unspecified atom stereocenters. The largest absolute Gasteiger partial charge is 0.464 e. The van der Waals surface area contributed by atoms with Crippen LogP contribution >= 0.6 is 0 Å². The standard InChI is InChI=1S/C12H16N2O/c1-2-3-4-7-13-12-10-6-9-15-11(10)5-8-14-12/h5-6,8-9H,2-4,7H2,1H3,(H,13,14). The summed E-state index contributed by atoms with van der Waals surface area (Å²) >= 11 is 0. The molecule has 0 saturated heterocycles. The van der Waals surface area contributed by atoms with E-state index in [0.717, 1.165) is 23.3 Å². The summed E-state index contributed by atoms with van der Waals surface area (Å²) in [6.45, 7) is 3.18. The lowest BCUT2D eigenvalue weighted by Gasteiger charge is -2.05. The Labute approximate surface area is 89.5 Å². The Kier molecular flexibility index (Phi) is 3.22. The highest BCUT2D eigenvalue weighted by Gasteiger charge is 2.02. The summed E-state index contributed by atoms with van der Waals surface area (Å²) in [7, 11) is 0. The number of hydrogen-bond donors (Lipinski definition) is 1. The predicted molar refractivity (Wildman–Crippen MR) is 62.0 cm³/mol. The van der Waals surface area contributed by atoms with Crippen LogP contribution < -0.4 is 5.32 Å². The molecular weight excluding hydrogens is 188 g/mol. The SMILES string of the molecule is CCCCCNc1nccc2occc12. The van der Waals surface area contributed by atoms with Gasteiger partial charge < -0.3 is 9.73 Å². The van der Waals surface area contributed by atoms with Gasteiger partial charge in [-0.25, -0.2) is 4.98 Å². The van der Waals surface area contributed by atoms with Crippen molar-refractivity contribution in [3.8, 4) is 0 Å². The van der Waals surface area contributed by atoms with Crippen molar-refractivity contribution in [2.45, 2.75) is 26.2 Å². The first kappa shape index (κ1) is 10.0. The van der Waals surface area contributed by atoms with Gasteiger partial charge in [-0.3, -0.25) is 0 Å². The van der Waals surface area contributed by atoms with Crippen LogP contribution in [0.4, 0.5) is 5.82 Å². The zero-order valence-corrected chi connectivity index (χ0v) is 8.99. The van der Waals surface area contributed by atoms with E-state index in [1.807, 2.05) is 12.1 Å². The number of pyridine rings is 1. The second-order valence-electron chi connectivity index (χ2n) is 3.63. The summed E-state index contributed by atoms with van der Waals surface area (Å²) in [4.78, 5) is 4.31. The van der Waals surface area contributed by atoms with Gasteiger partial charge >= 0.3 is 0 Å². The summed E-state index contributed by atoms with van der Waals surface area (Å²) in [6.07, 6.45) is 7.16. The van der Waals surface area contributed by atoms with Gasteiger partial charge in [0, 0.05) is 12.7 Å². The van der Waals surface area contributed by atoms with Crippen LogP contribution in [-0.4, -0.2) is 11.5 Å². The Bertz CT molecular complexity index is 422. The molecule has 15 heavy (non-hydrogen) atoms. The maximum absolute atomic E-state index is 5.31. The number of nitrogens with one attached hydrogen (secondary N) is 1. The van der Waals surface area contributed by atoms with Crippen LogP contribution in [0, 0.1) is 0 Å². The van der Waals surface area contributed by atoms with Crippen LogP contribution in [-0.2, 0) is 0 Å². The van der Waals surface area contributed by atoms with Crippen LogP contribution in [0.1, 0.15) is 26.2 Å². The zero-order chi connectivity index (χ0) is 10.5. The Balaban J connectivity index is 2.04. The number of nitrogens with zero attached hydrogens (tertiary/aromatic N) is 1. The molecule has 2 aromatic rings. The second kappa shape index (κ2) is 4.82. The Morgan fingerprint density at radius 1 is 1.33 bits per heavy atom. The van der Waals surface area contributed by atoms with Crippen molar-refractivity contribution < 1.29 is 4.42 Å².